The van der Waals surface area contributed by atoms with E-state index in [2.05, 4.69) is 20.8 Å². The van der Waals surface area contributed by atoms with Crippen molar-refractivity contribution in [1.29, 1.82) is 0 Å². The van der Waals surface area contributed by atoms with Crippen molar-refractivity contribution >= 4 is 0 Å². The first-order valence-corrected chi connectivity index (χ1v) is 8.88. The van der Waals surface area contributed by atoms with E-state index in [-0.39, 0.29) is 11.1 Å². The first kappa shape index (κ1) is 14.8. The van der Waals surface area contributed by atoms with E-state index in [1.807, 2.05) is 0 Å². The van der Waals surface area contributed by atoms with Crippen molar-refractivity contribution in [3.8, 4) is 0 Å². The Morgan fingerprint density at radius 2 is 1.85 bits per heavy atom. The van der Waals surface area contributed by atoms with Crippen LogP contribution in [0, 0.1) is 23.7 Å². The maximum absolute atomic E-state index is 7.11. The van der Waals surface area contributed by atoms with Gasteiger partial charge in [-0.15, -0.1) is 0 Å². The predicted molar refractivity (Wildman–Crippen MR) is 83.5 cm³/mol. The zero-order valence-electron chi connectivity index (χ0n) is 13.7. The molecule has 0 aromatic heterocycles. The fourth-order valence-electron chi connectivity index (χ4n) is 5.42. The highest BCUT2D eigenvalue weighted by atomic mass is 16.5. The van der Waals surface area contributed by atoms with Gasteiger partial charge < -0.3 is 10.5 Å². The van der Waals surface area contributed by atoms with Crippen molar-refractivity contribution < 1.29 is 4.74 Å². The summed E-state index contributed by atoms with van der Waals surface area (Å²) in [6, 6.07) is 0. The van der Waals surface area contributed by atoms with Gasteiger partial charge in [-0.25, -0.2) is 0 Å². The van der Waals surface area contributed by atoms with Gasteiger partial charge in [-0.05, 0) is 68.6 Å². The summed E-state index contributed by atoms with van der Waals surface area (Å²) >= 11 is 0. The smallest absolute Gasteiger partial charge is 0.0686 e. The quantitative estimate of drug-likeness (QED) is 0.825. The highest BCUT2D eigenvalue weighted by molar-refractivity contribution is 5.06. The molecule has 3 fully saturated rings. The van der Waals surface area contributed by atoms with Crippen molar-refractivity contribution in [1.82, 2.24) is 0 Å². The van der Waals surface area contributed by atoms with Gasteiger partial charge in [-0.2, -0.15) is 0 Å². The van der Waals surface area contributed by atoms with Gasteiger partial charge in [-0.1, -0.05) is 27.2 Å². The summed E-state index contributed by atoms with van der Waals surface area (Å²) < 4.78 is 6.13. The minimum atomic E-state index is 0.0677. The Morgan fingerprint density at radius 1 is 1.10 bits per heavy atom. The average molecular weight is 279 g/mol. The average Bonchev–Trinajstić information content (AvgIpc) is 2.36. The molecule has 0 bridgehead atoms. The van der Waals surface area contributed by atoms with Gasteiger partial charge in [0.25, 0.3) is 0 Å². The highest BCUT2D eigenvalue weighted by Crippen LogP contribution is 2.52. The molecule has 1 saturated heterocycles. The van der Waals surface area contributed by atoms with Crippen molar-refractivity contribution in [3.05, 3.63) is 0 Å². The molecule has 116 valence electrons. The topological polar surface area (TPSA) is 35.2 Å². The van der Waals surface area contributed by atoms with E-state index in [1.165, 1.54) is 51.4 Å². The van der Waals surface area contributed by atoms with Gasteiger partial charge in [0.1, 0.15) is 0 Å². The third kappa shape index (κ3) is 2.43. The minimum Gasteiger partial charge on any atom is -0.375 e. The fraction of sp³-hybridized carbons (Fsp3) is 1.00. The second-order valence-electron chi connectivity index (χ2n) is 8.42. The molecule has 20 heavy (non-hydrogen) atoms. The minimum absolute atomic E-state index is 0.0677. The molecule has 0 aromatic carbocycles. The number of rotatable bonds is 2. The number of hydrogen-bond acceptors (Lipinski definition) is 2. The zero-order valence-corrected chi connectivity index (χ0v) is 13.7. The molecule has 3 aliphatic rings. The van der Waals surface area contributed by atoms with E-state index in [0.29, 0.717) is 17.8 Å². The van der Waals surface area contributed by atoms with E-state index < -0.39 is 0 Å². The number of nitrogens with two attached hydrogens (primary N) is 1. The van der Waals surface area contributed by atoms with Crippen molar-refractivity contribution in [2.24, 2.45) is 29.4 Å². The van der Waals surface area contributed by atoms with Crippen LogP contribution in [0.4, 0.5) is 0 Å². The Kier molecular flexibility index (Phi) is 3.92. The first-order valence-electron chi connectivity index (χ1n) is 8.88. The van der Waals surface area contributed by atoms with Crippen LogP contribution in [-0.4, -0.2) is 17.7 Å². The molecule has 2 saturated carbocycles. The summed E-state index contributed by atoms with van der Waals surface area (Å²) in [7, 11) is 0. The maximum Gasteiger partial charge on any atom is 0.0686 e. The van der Waals surface area contributed by atoms with Gasteiger partial charge in [0.2, 0.25) is 0 Å². The van der Waals surface area contributed by atoms with Crippen molar-refractivity contribution in [2.75, 3.05) is 6.61 Å². The van der Waals surface area contributed by atoms with Crippen LogP contribution in [0.25, 0.3) is 0 Å². The van der Waals surface area contributed by atoms with Crippen molar-refractivity contribution in [3.63, 3.8) is 0 Å². The van der Waals surface area contributed by atoms with Crippen LogP contribution in [-0.2, 0) is 4.74 Å². The fourth-order valence-corrected chi connectivity index (χ4v) is 5.42. The molecule has 2 heteroatoms. The number of hydrogen-bond donors (Lipinski definition) is 1. The summed E-state index contributed by atoms with van der Waals surface area (Å²) in [4.78, 5) is 0. The summed E-state index contributed by atoms with van der Waals surface area (Å²) in [6.07, 6.45) is 10.3. The third-order valence-electron chi connectivity index (χ3n) is 6.69. The summed E-state index contributed by atoms with van der Waals surface area (Å²) in [6.45, 7) is 8.10. The Balaban J connectivity index is 1.80. The van der Waals surface area contributed by atoms with Crippen LogP contribution >= 0.6 is 0 Å². The summed E-state index contributed by atoms with van der Waals surface area (Å²) in [5, 5.41) is 0. The SMILES string of the molecule is CC1CCC(C(C)C)C(N)(C2CCOC3(CCC3)C2)C1. The lowest BCUT2D eigenvalue weighted by molar-refractivity contribution is -0.160. The standard InChI is InChI=1S/C18H33NO/c1-13(2)16-6-5-14(3)11-18(16,19)15-7-10-20-17(12-15)8-4-9-17/h13-16H,4-12,19H2,1-3H3. The Labute approximate surface area is 124 Å². The highest BCUT2D eigenvalue weighted by Gasteiger charge is 2.52. The molecule has 1 heterocycles. The molecule has 2 nitrogen and oxygen atoms in total. The lowest BCUT2D eigenvalue weighted by atomic mass is 9.56. The van der Waals surface area contributed by atoms with Gasteiger partial charge in [0.15, 0.2) is 0 Å². The molecule has 0 radical (unpaired) electrons. The molecular formula is C18H33NO. The summed E-state index contributed by atoms with van der Waals surface area (Å²) in [5.74, 6) is 2.91. The molecule has 3 rings (SSSR count). The molecule has 1 spiro atoms. The maximum atomic E-state index is 7.11. The molecule has 4 atom stereocenters. The van der Waals surface area contributed by atoms with Crippen LogP contribution in [0.15, 0.2) is 0 Å². The van der Waals surface area contributed by atoms with E-state index in [1.54, 1.807) is 0 Å². The Morgan fingerprint density at radius 3 is 2.45 bits per heavy atom. The normalized spacial score (nSPS) is 44.5. The predicted octanol–water partition coefficient (Wildman–Crippen LogP) is 4.13. The zero-order chi connectivity index (χ0) is 14.4. The van der Waals surface area contributed by atoms with Crippen LogP contribution in [0.2, 0.25) is 0 Å². The Bertz CT molecular complexity index is 349. The molecule has 0 aromatic rings. The lowest BCUT2D eigenvalue weighted by Crippen LogP contribution is -2.61. The monoisotopic (exact) mass is 279 g/mol. The second kappa shape index (κ2) is 5.28. The van der Waals surface area contributed by atoms with Gasteiger partial charge in [0.05, 0.1) is 5.60 Å². The molecular weight excluding hydrogens is 246 g/mol. The third-order valence-corrected chi connectivity index (χ3v) is 6.69. The van der Waals surface area contributed by atoms with E-state index in [4.69, 9.17) is 10.5 Å². The molecule has 2 N–H and O–H groups in total. The van der Waals surface area contributed by atoms with Gasteiger partial charge >= 0.3 is 0 Å². The van der Waals surface area contributed by atoms with Crippen molar-refractivity contribution in [2.45, 2.75) is 83.3 Å². The summed E-state index contributed by atoms with van der Waals surface area (Å²) in [5.41, 5.74) is 7.42. The number of ether oxygens (including phenoxy) is 1. The second-order valence-corrected chi connectivity index (χ2v) is 8.42. The molecule has 4 unspecified atom stereocenters. The van der Waals surface area contributed by atoms with Crippen LogP contribution in [0.5, 0.6) is 0 Å². The van der Waals surface area contributed by atoms with Crippen LogP contribution in [0.1, 0.15) is 72.1 Å². The first-order chi connectivity index (χ1) is 9.45. The molecule has 1 aliphatic heterocycles. The molecule has 2 aliphatic carbocycles. The van der Waals surface area contributed by atoms with E-state index in [0.717, 1.165) is 12.5 Å². The Hall–Kier alpha value is -0.0800. The van der Waals surface area contributed by atoms with E-state index in [9.17, 15) is 0 Å². The largest absolute Gasteiger partial charge is 0.375 e. The lowest BCUT2D eigenvalue weighted by Gasteiger charge is -2.56. The van der Waals surface area contributed by atoms with Gasteiger partial charge in [-0.3, -0.25) is 0 Å². The van der Waals surface area contributed by atoms with Crippen LogP contribution < -0.4 is 5.73 Å². The van der Waals surface area contributed by atoms with E-state index >= 15 is 0 Å². The van der Waals surface area contributed by atoms with Gasteiger partial charge in [0, 0.05) is 12.1 Å². The van der Waals surface area contributed by atoms with Crippen LogP contribution in [0.3, 0.4) is 0 Å². The molecule has 0 amide bonds.